The number of hydrogen-bond acceptors (Lipinski definition) is 3. The molecule has 0 amide bonds. The normalized spacial score (nSPS) is 11.4. The zero-order valence-electron chi connectivity index (χ0n) is 7.53. The first-order valence-electron chi connectivity index (χ1n) is 4.04. The van der Waals surface area contributed by atoms with E-state index in [-0.39, 0.29) is 0 Å². The predicted octanol–water partition coefficient (Wildman–Crippen LogP) is 1.83. The second kappa shape index (κ2) is 4.52. The van der Waals surface area contributed by atoms with Gasteiger partial charge in [0.05, 0.1) is 0 Å². The van der Waals surface area contributed by atoms with Gasteiger partial charge >= 0.3 is 0 Å². The van der Waals surface area contributed by atoms with E-state index in [4.69, 9.17) is 11.0 Å². The van der Waals surface area contributed by atoms with Crippen LogP contribution in [0, 0.1) is 6.92 Å². The van der Waals surface area contributed by atoms with E-state index in [1.165, 1.54) is 11.8 Å². The molecule has 3 nitrogen and oxygen atoms in total. The van der Waals surface area contributed by atoms with Gasteiger partial charge in [-0.1, -0.05) is 29.8 Å². The minimum Gasteiger partial charge on any atom is -0.402 e. The molecule has 0 aliphatic rings. The highest BCUT2D eigenvalue weighted by molar-refractivity contribution is 5.24. The van der Waals surface area contributed by atoms with Crippen LogP contribution in [0.25, 0.3) is 0 Å². The number of hydrogen-bond donors (Lipinski definition) is 2. The van der Waals surface area contributed by atoms with E-state index in [0.29, 0.717) is 12.2 Å². The van der Waals surface area contributed by atoms with Gasteiger partial charge in [-0.2, -0.15) is 0 Å². The molecule has 0 saturated heterocycles. The minimum absolute atomic E-state index is 0.351. The fraction of sp³-hybridized carbons (Fsp3) is 0.200. The van der Waals surface area contributed by atoms with Crippen LogP contribution in [0.4, 0.5) is 0 Å². The Kier molecular flexibility index (Phi) is 3.34. The van der Waals surface area contributed by atoms with Gasteiger partial charge in [-0.15, -0.1) is 0 Å². The zero-order valence-corrected chi connectivity index (χ0v) is 7.53. The van der Waals surface area contributed by atoms with Crippen LogP contribution >= 0.6 is 0 Å². The summed E-state index contributed by atoms with van der Waals surface area (Å²) in [7, 11) is 0. The summed E-state index contributed by atoms with van der Waals surface area (Å²) < 4.78 is 0. The zero-order chi connectivity index (χ0) is 9.68. The number of rotatable bonds is 3. The molecule has 13 heavy (non-hydrogen) atoms. The largest absolute Gasteiger partial charge is 0.402 e. The van der Waals surface area contributed by atoms with Crippen molar-refractivity contribution in [3.63, 3.8) is 0 Å². The van der Waals surface area contributed by atoms with Crippen LogP contribution in [-0.4, -0.2) is 5.26 Å². The molecule has 1 aromatic carbocycles. The lowest BCUT2D eigenvalue weighted by Crippen LogP contribution is -1.97. The molecule has 3 N–H and O–H groups in total. The Morgan fingerprint density at radius 3 is 2.54 bits per heavy atom. The van der Waals surface area contributed by atoms with Crippen LogP contribution in [-0.2, 0) is 11.3 Å². The topological polar surface area (TPSA) is 55.5 Å². The van der Waals surface area contributed by atoms with E-state index in [0.717, 1.165) is 5.56 Å². The third-order valence-corrected chi connectivity index (χ3v) is 1.80. The van der Waals surface area contributed by atoms with Crippen molar-refractivity contribution in [1.29, 1.82) is 0 Å². The van der Waals surface area contributed by atoms with E-state index in [1.54, 1.807) is 0 Å². The molecule has 0 aliphatic heterocycles. The van der Waals surface area contributed by atoms with Gasteiger partial charge in [0, 0.05) is 12.6 Å². The molecule has 0 atom stereocenters. The van der Waals surface area contributed by atoms with Crippen LogP contribution in [0.5, 0.6) is 0 Å². The van der Waals surface area contributed by atoms with Crippen LogP contribution in [0.15, 0.2) is 36.2 Å². The van der Waals surface area contributed by atoms with Gasteiger partial charge in [0.2, 0.25) is 0 Å². The lowest BCUT2D eigenvalue weighted by molar-refractivity contribution is -0.204. The molecular weight excluding hydrogens is 166 g/mol. The molecule has 0 unspecified atom stereocenters. The SMILES string of the molecule is Cc1ccc(C/C(=C\N)OO)cc1. The molecule has 0 bridgehead atoms. The third kappa shape index (κ3) is 2.80. The van der Waals surface area contributed by atoms with Gasteiger partial charge in [-0.25, -0.2) is 5.26 Å². The fourth-order valence-corrected chi connectivity index (χ4v) is 1.03. The number of aryl methyl sites for hydroxylation is 1. The van der Waals surface area contributed by atoms with Gasteiger partial charge in [0.15, 0.2) is 5.76 Å². The van der Waals surface area contributed by atoms with Crippen LogP contribution < -0.4 is 5.73 Å². The van der Waals surface area contributed by atoms with Crippen LogP contribution in [0.2, 0.25) is 0 Å². The van der Waals surface area contributed by atoms with E-state index in [2.05, 4.69) is 4.89 Å². The van der Waals surface area contributed by atoms with Gasteiger partial charge in [0.25, 0.3) is 0 Å². The molecule has 3 heteroatoms. The highest BCUT2D eigenvalue weighted by Gasteiger charge is 1.99. The molecule has 0 radical (unpaired) electrons. The summed E-state index contributed by atoms with van der Waals surface area (Å²) in [5.74, 6) is 0.351. The van der Waals surface area contributed by atoms with Crippen molar-refractivity contribution in [2.75, 3.05) is 0 Å². The molecule has 1 aromatic rings. The van der Waals surface area contributed by atoms with Gasteiger partial charge in [-0.3, -0.25) is 0 Å². The maximum absolute atomic E-state index is 8.39. The Morgan fingerprint density at radius 2 is 2.08 bits per heavy atom. The van der Waals surface area contributed by atoms with Crippen molar-refractivity contribution in [2.45, 2.75) is 13.3 Å². The fourth-order valence-electron chi connectivity index (χ4n) is 1.03. The summed E-state index contributed by atoms with van der Waals surface area (Å²) in [6.45, 7) is 2.02. The second-order valence-corrected chi connectivity index (χ2v) is 2.89. The summed E-state index contributed by atoms with van der Waals surface area (Å²) in [6.07, 6.45) is 1.76. The van der Waals surface area contributed by atoms with Gasteiger partial charge < -0.3 is 10.6 Å². The summed E-state index contributed by atoms with van der Waals surface area (Å²) in [5.41, 5.74) is 7.47. The first kappa shape index (κ1) is 9.61. The van der Waals surface area contributed by atoms with E-state index < -0.39 is 0 Å². The Labute approximate surface area is 77.4 Å². The van der Waals surface area contributed by atoms with Crippen molar-refractivity contribution < 1.29 is 10.1 Å². The summed E-state index contributed by atoms with van der Waals surface area (Å²) >= 11 is 0. The molecular formula is C10H13NO2. The first-order valence-corrected chi connectivity index (χ1v) is 4.04. The van der Waals surface area contributed by atoms with Crippen molar-refractivity contribution in [2.24, 2.45) is 5.73 Å². The second-order valence-electron chi connectivity index (χ2n) is 2.89. The van der Waals surface area contributed by atoms with Crippen LogP contribution in [0.3, 0.4) is 0 Å². The highest BCUT2D eigenvalue weighted by atomic mass is 17.1. The van der Waals surface area contributed by atoms with Crippen molar-refractivity contribution in [3.05, 3.63) is 47.4 Å². The maximum atomic E-state index is 8.39. The molecule has 0 saturated carbocycles. The quantitative estimate of drug-likeness (QED) is 0.423. The summed E-state index contributed by atoms with van der Waals surface area (Å²) in [4.78, 5) is 4.07. The summed E-state index contributed by atoms with van der Waals surface area (Å²) in [5, 5.41) is 8.39. The summed E-state index contributed by atoms with van der Waals surface area (Å²) in [6, 6.07) is 7.94. The average Bonchev–Trinajstić information content (AvgIpc) is 2.17. The molecule has 0 heterocycles. The number of benzene rings is 1. The van der Waals surface area contributed by atoms with E-state index >= 15 is 0 Å². The standard InChI is InChI=1S/C10H13NO2/c1-8-2-4-9(5-3-8)6-10(7-11)13-12/h2-5,7,12H,6,11H2,1H3/b10-7+. The minimum atomic E-state index is 0.351. The Morgan fingerprint density at radius 1 is 1.46 bits per heavy atom. The Hall–Kier alpha value is -1.48. The van der Waals surface area contributed by atoms with Crippen molar-refractivity contribution in [3.8, 4) is 0 Å². The lowest BCUT2D eigenvalue weighted by atomic mass is 10.1. The smallest absolute Gasteiger partial charge is 0.161 e. The lowest BCUT2D eigenvalue weighted by Gasteiger charge is -2.02. The predicted molar refractivity (Wildman–Crippen MR) is 50.9 cm³/mol. The van der Waals surface area contributed by atoms with Crippen LogP contribution in [0.1, 0.15) is 11.1 Å². The molecule has 0 fully saturated rings. The monoisotopic (exact) mass is 179 g/mol. The molecule has 1 rings (SSSR count). The van der Waals surface area contributed by atoms with E-state index in [9.17, 15) is 0 Å². The highest BCUT2D eigenvalue weighted by Crippen LogP contribution is 2.08. The van der Waals surface area contributed by atoms with E-state index in [1.807, 2.05) is 31.2 Å². The van der Waals surface area contributed by atoms with Gasteiger partial charge in [0.1, 0.15) is 0 Å². The molecule has 70 valence electrons. The molecule has 0 aliphatic carbocycles. The first-order chi connectivity index (χ1) is 6.26. The maximum Gasteiger partial charge on any atom is 0.161 e. The molecule has 0 spiro atoms. The number of nitrogens with two attached hydrogens (primary N) is 1. The Bertz CT molecular complexity index is 290. The van der Waals surface area contributed by atoms with Gasteiger partial charge in [-0.05, 0) is 12.5 Å². The van der Waals surface area contributed by atoms with Crippen molar-refractivity contribution in [1.82, 2.24) is 0 Å². The average molecular weight is 179 g/mol. The van der Waals surface area contributed by atoms with Crippen molar-refractivity contribution >= 4 is 0 Å². The Balaban J connectivity index is 2.69. The molecule has 0 aromatic heterocycles. The number of allylic oxidation sites excluding steroid dienone is 1. The third-order valence-electron chi connectivity index (χ3n) is 1.80.